The van der Waals surface area contributed by atoms with Crippen LogP contribution in [0.15, 0.2) is 24.3 Å². The predicted molar refractivity (Wildman–Crippen MR) is 82.8 cm³/mol. The molecule has 1 heterocycles. The lowest BCUT2D eigenvalue weighted by atomic mass is 10.2. The molecule has 5 nitrogen and oxygen atoms in total. The maximum Gasteiger partial charge on any atom is 0.234 e. The number of piperazine rings is 1. The monoisotopic (exact) mass is 276 g/mol. The van der Waals surface area contributed by atoms with Crippen LogP contribution < -0.4 is 16.0 Å². The highest BCUT2D eigenvalue weighted by molar-refractivity contribution is 5.78. The molecule has 1 fully saturated rings. The Balaban J connectivity index is 1.81. The number of nitrogens with two attached hydrogens (primary N) is 1. The minimum absolute atomic E-state index is 0.125. The van der Waals surface area contributed by atoms with Crippen molar-refractivity contribution in [3.63, 3.8) is 0 Å². The molecule has 1 aliphatic rings. The van der Waals surface area contributed by atoms with Gasteiger partial charge in [0.2, 0.25) is 5.91 Å². The van der Waals surface area contributed by atoms with Crippen molar-refractivity contribution in [3.8, 4) is 0 Å². The Hall–Kier alpha value is -1.75. The van der Waals surface area contributed by atoms with Gasteiger partial charge in [0.15, 0.2) is 0 Å². The number of carbonyl (C=O) groups excluding carboxylic acids is 1. The fraction of sp³-hybridized carbons (Fsp3) is 0.533. The van der Waals surface area contributed by atoms with Gasteiger partial charge in [-0.05, 0) is 18.6 Å². The normalized spacial score (nSPS) is 16.1. The van der Waals surface area contributed by atoms with Gasteiger partial charge < -0.3 is 16.0 Å². The van der Waals surface area contributed by atoms with E-state index in [0.717, 1.165) is 50.5 Å². The van der Waals surface area contributed by atoms with E-state index in [9.17, 15) is 4.79 Å². The van der Waals surface area contributed by atoms with Crippen molar-refractivity contribution in [1.82, 2.24) is 10.2 Å². The molecule has 20 heavy (non-hydrogen) atoms. The lowest BCUT2D eigenvalue weighted by Crippen LogP contribution is -2.49. The SMILES string of the molecule is CCCNC(=O)CN1CCN(c2ccccc2N)CC1. The first-order chi connectivity index (χ1) is 9.70. The molecule has 0 spiro atoms. The summed E-state index contributed by atoms with van der Waals surface area (Å²) in [6.45, 7) is 6.94. The Kier molecular flexibility index (Phi) is 5.24. The van der Waals surface area contributed by atoms with E-state index in [1.54, 1.807) is 0 Å². The van der Waals surface area contributed by atoms with Crippen LogP contribution in [0.5, 0.6) is 0 Å². The van der Waals surface area contributed by atoms with Gasteiger partial charge in [-0.1, -0.05) is 19.1 Å². The average molecular weight is 276 g/mol. The molecule has 0 aromatic heterocycles. The number of amides is 1. The molecule has 0 bridgehead atoms. The van der Waals surface area contributed by atoms with E-state index < -0.39 is 0 Å². The molecule has 110 valence electrons. The second-order valence-corrected chi connectivity index (χ2v) is 5.17. The molecular formula is C15H24N4O. The Morgan fingerprint density at radius 2 is 1.95 bits per heavy atom. The molecule has 0 radical (unpaired) electrons. The van der Waals surface area contributed by atoms with E-state index in [1.165, 1.54) is 0 Å². The molecule has 1 aliphatic heterocycles. The lowest BCUT2D eigenvalue weighted by molar-refractivity contribution is -0.122. The molecule has 5 heteroatoms. The summed E-state index contributed by atoms with van der Waals surface area (Å²) in [5.74, 6) is 0.125. The summed E-state index contributed by atoms with van der Waals surface area (Å²) in [6.07, 6.45) is 0.979. The van der Waals surface area contributed by atoms with Crippen molar-refractivity contribution in [1.29, 1.82) is 0 Å². The first kappa shape index (κ1) is 14.7. The molecular weight excluding hydrogens is 252 g/mol. The zero-order valence-corrected chi connectivity index (χ0v) is 12.1. The number of anilines is 2. The number of nitrogens with zero attached hydrogens (tertiary/aromatic N) is 2. The van der Waals surface area contributed by atoms with Gasteiger partial charge in [0.05, 0.1) is 17.9 Å². The van der Waals surface area contributed by atoms with Gasteiger partial charge in [-0.15, -0.1) is 0 Å². The smallest absolute Gasteiger partial charge is 0.234 e. The van der Waals surface area contributed by atoms with Crippen molar-refractivity contribution in [2.75, 3.05) is 49.9 Å². The van der Waals surface area contributed by atoms with E-state index in [1.807, 2.05) is 18.2 Å². The van der Waals surface area contributed by atoms with Gasteiger partial charge >= 0.3 is 0 Å². The van der Waals surface area contributed by atoms with Crippen molar-refractivity contribution >= 4 is 17.3 Å². The van der Waals surface area contributed by atoms with Crippen molar-refractivity contribution < 1.29 is 4.79 Å². The van der Waals surface area contributed by atoms with Gasteiger partial charge in [-0.2, -0.15) is 0 Å². The number of hydrogen-bond donors (Lipinski definition) is 2. The van der Waals surface area contributed by atoms with Crippen LogP contribution in [0.25, 0.3) is 0 Å². The third-order valence-corrected chi connectivity index (χ3v) is 3.59. The van der Waals surface area contributed by atoms with E-state index in [-0.39, 0.29) is 5.91 Å². The first-order valence-corrected chi connectivity index (χ1v) is 7.29. The van der Waals surface area contributed by atoms with Crippen LogP contribution in [-0.2, 0) is 4.79 Å². The number of benzene rings is 1. The topological polar surface area (TPSA) is 61.6 Å². The van der Waals surface area contributed by atoms with Crippen LogP contribution in [0.1, 0.15) is 13.3 Å². The second kappa shape index (κ2) is 7.14. The van der Waals surface area contributed by atoms with Crippen molar-refractivity contribution in [2.24, 2.45) is 0 Å². The Morgan fingerprint density at radius 1 is 1.25 bits per heavy atom. The molecule has 0 unspecified atom stereocenters. The fourth-order valence-corrected chi connectivity index (χ4v) is 2.45. The van der Waals surface area contributed by atoms with Crippen LogP contribution >= 0.6 is 0 Å². The van der Waals surface area contributed by atoms with Gasteiger partial charge in [-0.3, -0.25) is 9.69 Å². The lowest BCUT2D eigenvalue weighted by Gasteiger charge is -2.36. The maximum atomic E-state index is 11.7. The second-order valence-electron chi connectivity index (χ2n) is 5.17. The van der Waals surface area contributed by atoms with Gasteiger partial charge in [0.1, 0.15) is 0 Å². The zero-order valence-electron chi connectivity index (χ0n) is 12.1. The van der Waals surface area contributed by atoms with Crippen LogP contribution in [0.4, 0.5) is 11.4 Å². The molecule has 3 N–H and O–H groups in total. The summed E-state index contributed by atoms with van der Waals surface area (Å²) in [5.41, 5.74) is 7.92. The van der Waals surface area contributed by atoms with E-state index in [2.05, 4.69) is 28.1 Å². The number of nitrogen functional groups attached to an aromatic ring is 1. The molecule has 2 rings (SSSR count). The molecule has 0 saturated carbocycles. The zero-order chi connectivity index (χ0) is 14.4. The standard InChI is InChI=1S/C15H24N4O/c1-2-7-17-15(20)12-18-8-10-19(11-9-18)14-6-4-3-5-13(14)16/h3-6H,2,7-12,16H2,1H3,(H,17,20). The number of hydrogen-bond acceptors (Lipinski definition) is 4. The summed E-state index contributed by atoms with van der Waals surface area (Å²) in [5, 5.41) is 2.92. The molecule has 1 amide bonds. The molecule has 0 aliphatic carbocycles. The van der Waals surface area contributed by atoms with Crippen LogP contribution in [0.2, 0.25) is 0 Å². The van der Waals surface area contributed by atoms with Crippen LogP contribution in [-0.4, -0.2) is 50.1 Å². The number of para-hydroxylation sites is 2. The summed E-state index contributed by atoms with van der Waals surface area (Å²) >= 11 is 0. The number of nitrogens with one attached hydrogen (secondary N) is 1. The summed E-state index contributed by atoms with van der Waals surface area (Å²) < 4.78 is 0. The summed E-state index contributed by atoms with van der Waals surface area (Å²) in [7, 11) is 0. The third kappa shape index (κ3) is 3.87. The Labute approximate surface area is 120 Å². The minimum Gasteiger partial charge on any atom is -0.397 e. The van der Waals surface area contributed by atoms with E-state index in [4.69, 9.17) is 5.73 Å². The largest absolute Gasteiger partial charge is 0.397 e. The van der Waals surface area contributed by atoms with Crippen LogP contribution in [0, 0.1) is 0 Å². The van der Waals surface area contributed by atoms with Gasteiger partial charge in [0, 0.05) is 32.7 Å². The quantitative estimate of drug-likeness (QED) is 0.785. The molecule has 1 saturated heterocycles. The van der Waals surface area contributed by atoms with Crippen LogP contribution in [0.3, 0.4) is 0 Å². The van der Waals surface area contributed by atoms with Gasteiger partial charge in [0.25, 0.3) is 0 Å². The van der Waals surface area contributed by atoms with Crippen molar-refractivity contribution in [2.45, 2.75) is 13.3 Å². The highest BCUT2D eigenvalue weighted by atomic mass is 16.2. The fourth-order valence-electron chi connectivity index (χ4n) is 2.45. The highest BCUT2D eigenvalue weighted by Gasteiger charge is 2.19. The Morgan fingerprint density at radius 3 is 2.60 bits per heavy atom. The minimum atomic E-state index is 0.125. The summed E-state index contributed by atoms with van der Waals surface area (Å²) in [4.78, 5) is 16.2. The van der Waals surface area contributed by atoms with E-state index in [0.29, 0.717) is 6.54 Å². The van der Waals surface area contributed by atoms with E-state index >= 15 is 0 Å². The molecule has 1 aromatic rings. The van der Waals surface area contributed by atoms with Crippen molar-refractivity contribution in [3.05, 3.63) is 24.3 Å². The summed E-state index contributed by atoms with van der Waals surface area (Å²) in [6, 6.07) is 7.95. The highest BCUT2D eigenvalue weighted by Crippen LogP contribution is 2.23. The number of rotatable bonds is 5. The first-order valence-electron chi connectivity index (χ1n) is 7.29. The van der Waals surface area contributed by atoms with Gasteiger partial charge in [-0.25, -0.2) is 0 Å². The Bertz CT molecular complexity index is 441. The third-order valence-electron chi connectivity index (χ3n) is 3.59. The molecule has 0 atom stereocenters. The predicted octanol–water partition coefficient (Wildman–Crippen LogP) is 0.917. The maximum absolute atomic E-state index is 11.7. The number of carbonyl (C=O) groups is 1. The molecule has 1 aromatic carbocycles. The average Bonchev–Trinajstić information content (AvgIpc) is 2.47.